The molecule has 2 rings (SSSR count). The molecule has 2 heteroatoms. The minimum absolute atomic E-state index is 0.0494. The zero-order valence-corrected chi connectivity index (χ0v) is 19.4. The Bertz CT molecular complexity index is 790. The average Bonchev–Trinajstić information content (AvgIpc) is 2.55. The third-order valence-electron chi connectivity index (χ3n) is 6.08. The van der Waals surface area contributed by atoms with E-state index in [0.717, 1.165) is 11.1 Å². The summed E-state index contributed by atoms with van der Waals surface area (Å²) in [6, 6.07) is 8.20. The molecule has 0 aliphatic carbocycles. The van der Waals surface area contributed by atoms with Gasteiger partial charge in [0.2, 0.25) is 0 Å². The third kappa shape index (κ3) is 4.37. The van der Waals surface area contributed by atoms with Gasteiger partial charge < -0.3 is 10.2 Å². The Hall–Kier alpha value is -1.96. The van der Waals surface area contributed by atoms with E-state index >= 15 is 0 Å². The van der Waals surface area contributed by atoms with Crippen molar-refractivity contribution in [2.75, 3.05) is 0 Å². The van der Waals surface area contributed by atoms with Gasteiger partial charge in [-0.3, -0.25) is 0 Å². The zero-order valence-electron chi connectivity index (χ0n) is 19.4. The molecule has 0 bridgehead atoms. The summed E-state index contributed by atoms with van der Waals surface area (Å²) in [5.41, 5.74) is 6.71. The second-order valence-corrected chi connectivity index (χ2v) is 10.5. The van der Waals surface area contributed by atoms with E-state index in [1.54, 1.807) is 0 Å². The molecule has 2 aromatic rings. The smallest absolute Gasteiger partial charge is 0.118 e. The molecule has 0 radical (unpaired) electrons. The van der Waals surface area contributed by atoms with Crippen LogP contribution >= 0.6 is 0 Å². The van der Waals surface area contributed by atoms with Gasteiger partial charge in [0.25, 0.3) is 0 Å². The molecular weight excluding hydrogens is 344 g/mol. The third-order valence-corrected chi connectivity index (χ3v) is 6.08. The molecule has 2 nitrogen and oxygen atoms in total. The predicted molar refractivity (Wildman–Crippen MR) is 120 cm³/mol. The Balaban J connectivity index is 2.65. The fourth-order valence-corrected chi connectivity index (χ4v) is 4.03. The molecule has 28 heavy (non-hydrogen) atoms. The molecule has 0 aromatic heterocycles. The normalized spacial score (nSPS) is 14.8. The molecule has 2 atom stereocenters. The summed E-state index contributed by atoms with van der Waals surface area (Å²) in [6.45, 7) is 21.7. The van der Waals surface area contributed by atoms with Crippen molar-refractivity contribution in [3.8, 4) is 11.5 Å². The van der Waals surface area contributed by atoms with Gasteiger partial charge in [-0.25, -0.2) is 0 Å². The number of aromatic hydroxyl groups is 2. The molecule has 0 heterocycles. The van der Waals surface area contributed by atoms with Gasteiger partial charge in [0.05, 0.1) is 0 Å². The maximum atomic E-state index is 10.3. The highest BCUT2D eigenvalue weighted by Gasteiger charge is 2.29. The van der Waals surface area contributed by atoms with E-state index < -0.39 is 0 Å². The first-order chi connectivity index (χ1) is 12.6. The first-order valence-corrected chi connectivity index (χ1v) is 10.3. The second-order valence-electron chi connectivity index (χ2n) is 10.5. The van der Waals surface area contributed by atoms with Crippen molar-refractivity contribution in [1.29, 1.82) is 0 Å². The van der Waals surface area contributed by atoms with Gasteiger partial charge in [-0.15, -0.1) is 0 Å². The number of hydrogen-bond acceptors (Lipinski definition) is 2. The van der Waals surface area contributed by atoms with Crippen LogP contribution < -0.4 is 0 Å². The average molecular weight is 383 g/mol. The number of aryl methyl sites for hydroxylation is 2. The van der Waals surface area contributed by atoms with Crippen LogP contribution in [0.4, 0.5) is 0 Å². The van der Waals surface area contributed by atoms with Crippen LogP contribution in [0.15, 0.2) is 24.3 Å². The van der Waals surface area contributed by atoms with Gasteiger partial charge in [0.15, 0.2) is 0 Å². The van der Waals surface area contributed by atoms with Crippen molar-refractivity contribution in [3.63, 3.8) is 0 Å². The number of benzene rings is 2. The fraction of sp³-hybridized carbons (Fsp3) is 0.538. The number of hydrogen-bond donors (Lipinski definition) is 2. The topological polar surface area (TPSA) is 40.5 Å². The fourth-order valence-electron chi connectivity index (χ4n) is 4.03. The molecule has 2 aromatic carbocycles. The maximum absolute atomic E-state index is 10.3. The van der Waals surface area contributed by atoms with Crippen molar-refractivity contribution in [1.82, 2.24) is 0 Å². The first-order valence-electron chi connectivity index (χ1n) is 10.3. The Morgan fingerprint density at radius 2 is 0.893 bits per heavy atom. The van der Waals surface area contributed by atoms with Crippen LogP contribution in [-0.4, -0.2) is 10.2 Å². The Labute approximate surface area is 171 Å². The first kappa shape index (κ1) is 22.3. The number of phenolic OH excluding ortho intramolecular Hbond substituents is 2. The molecule has 0 spiro atoms. The van der Waals surface area contributed by atoms with Crippen LogP contribution in [0.25, 0.3) is 0 Å². The molecule has 0 saturated heterocycles. The standard InChI is InChI=1S/C26H38O2/c1-15-11-19(21(13-23(15)27)25(5,6)7)17(3)18(4)20-12-16(2)24(28)14-22(20)26(8,9)10/h11-14,17-18,27-28H,1-10H3. The van der Waals surface area contributed by atoms with Gasteiger partial charge in [-0.2, -0.15) is 0 Å². The largest absolute Gasteiger partial charge is 0.508 e. The van der Waals surface area contributed by atoms with Crippen LogP contribution in [-0.2, 0) is 10.8 Å². The van der Waals surface area contributed by atoms with Crippen molar-refractivity contribution in [2.45, 2.75) is 91.9 Å². The van der Waals surface area contributed by atoms with Gasteiger partial charge in [0, 0.05) is 0 Å². The maximum Gasteiger partial charge on any atom is 0.118 e. The lowest BCUT2D eigenvalue weighted by atomic mass is 9.72. The monoisotopic (exact) mass is 382 g/mol. The van der Waals surface area contributed by atoms with Crippen molar-refractivity contribution in [2.24, 2.45) is 0 Å². The summed E-state index contributed by atoms with van der Waals surface area (Å²) in [5.74, 6) is 1.28. The molecule has 0 saturated carbocycles. The molecular formula is C26H38O2. The van der Waals surface area contributed by atoms with Crippen LogP contribution in [0, 0.1) is 13.8 Å². The van der Waals surface area contributed by atoms with Crippen molar-refractivity contribution >= 4 is 0 Å². The molecule has 2 N–H and O–H groups in total. The summed E-state index contributed by atoms with van der Waals surface area (Å²) in [7, 11) is 0. The van der Waals surface area contributed by atoms with Crippen molar-refractivity contribution < 1.29 is 10.2 Å². The van der Waals surface area contributed by atoms with E-state index in [2.05, 4.69) is 67.5 Å². The van der Waals surface area contributed by atoms with E-state index in [4.69, 9.17) is 0 Å². The Kier molecular flexibility index (Phi) is 5.95. The highest BCUT2D eigenvalue weighted by Crippen LogP contribution is 2.44. The number of phenols is 2. The molecule has 2 unspecified atom stereocenters. The zero-order chi connectivity index (χ0) is 21.6. The van der Waals surface area contributed by atoms with Gasteiger partial charge >= 0.3 is 0 Å². The summed E-state index contributed by atoms with van der Waals surface area (Å²) >= 11 is 0. The Morgan fingerprint density at radius 1 is 0.607 bits per heavy atom. The molecule has 0 aliphatic rings. The lowest BCUT2D eigenvalue weighted by Crippen LogP contribution is -2.20. The Morgan fingerprint density at radius 3 is 1.14 bits per heavy atom. The van der Waals surface area contributed by atoms with Crippen LogP contribution in [0.2, 0.25) is 0 Å². The summed E-state index contributed by atoms with van der Waals surface area (Å²) < 4.78 is 0. The van der Waals surface area contributed by atoms with Crippen LogP contribution in [0.5, 0.6) is 11.5 Å². The highest BCUT2D eigenvalue weighted by molar-refractivity contribution is 5.50. The van der Waals surface area contributed by atoms with E-state index in [1.165, 1.54) is 22.3 Å². The quantitative estimate of drug-likeness (QED) is 0.588. The lowest BCUT2D eigenvalue weighted by Gasteiger charge is -2.33. The SMILES string of the molecule is Cc1cc(C(C)C(C)c2cc(C)c(O)cc2C(C)(C)C)c(C(C)(C)C)cc1O. The minimum atomic E-state index is -0.0494. The summed E-state index contributed by atoms with van der Waals surface area (Å²) in [4.78, 5) is 0. The lowest BCUT2D eigenvalue weighted by molar-refractivity contribution is 0.461. The van der Waals surface area contributed by atoms with E-state index in [9.17, 15) is 10.2 Å². The molecule has 0 amide bonds. The van der Waals surface area contributed by atoms with Crippen LogP contribution in [0.1, 0.15) is 101 Å². The molecule has 0 aliphatic heterocycles. The van der Waals surface area contributed by atoms with E-state index in [-0.39, 0.29) is 22.7 Å². The van der Waals surface area contributed by atoms with Gasteiger partial charge in [0.1, 0.15) is 11.5 Å². The van der Waals surface area contributed by atoms with Crippen LogP contribution in [0.3, 0.4) is 0 Å². The highest BCUT2D eigenvalue weighted by atomic mass is 16.3. The van der Waals surface area contributed by atoms with Crippen molar-refractivity contribution in [3.05, 3.63) is 57.6 Å². The summed E-state index contributed by atoms with van der Waals surface area (Å²) in [6.07, 6.45) is 0. The van der Waals surface area contributed by atoms with Gasteiger partial charge in [-0.05, 0) is 82.0 Å². The molecule has 154 valence electrons. The molecule has 0 fully saturated rings. The minimum Gasteiger partial charge on any atom is -0.508 e. The predicted octanol–water partition coefficient (Wildman–Crippen LogP) is 7.22. The second kappa shape index (κ2) is 7.46. The van der Waals surface area contributed by atoms with Gasteiger partial charge in [-0.1, -0.05) is 67.5 Å². The van der Waals surface area contributed by atoms with E-state index in [0.29, 0.717) is 11.5 Å². The van der Waals surface area contributed by atoms with E-state index in [1.807, 2.05) is 26.0 Å². The summed E-state index contributed by atoms with van der Waals surface area (Å²) in [5, 5.41) is 20.6. The number of rotatable bonds is 3.